The third-order valence-corrected chi connectivity index (χ3v) is 3.60. The predicted octanol–water partition coefficient (Wildman–Crippen LogP) is 1.42. The highest BCUT2D eigenvalue weighted by Crippen LogP contribution is 2.21. The van der Waals surface area contributed by atoms with Crippen molar-refractivity contribution < 1.29 is 9.90 Å². The van der Waals surface area contributed by atoms with Crippen molar-refractivity contribution in [3.63, 3.8) is 0 Å². The van der Waals surface area contributed by atoms with Gasteiger partial charge in [0.2, 0.25) is 0 Å². The van der Waals surface area contributed by atoms with Gasteiger partial charge in [0.15, 0.2) is 0 Å². The molecule has 3 N–H and O–H groups in total. The number of aliphatic hydroxyl groups is 1. The maximum Gasteiger partial charge on any atom is 0.255 e. The van der Waals surface area contributed by atoms with Crippen LogP contribution in [0.15, 0.2) is 18.2 Å². The van der Waals surface area contributed by atoms with Crippen molar-refractivity contribution in [3.05, 3.63) is 29.3 Å². The molecule has 0 radical (unpaired) electrons. The number of rotatable bonds is 2. The van der Waals surface area contributed by atoms with E-state index in [9.17, 15) is 4.79 Å². The number of carbonyl (C=O) groups is 1. The van der Waals surface area contributed by atoms with Gasteiger partial charge in [-0.2, -0.15) is 0 Å². The standard InChI is InChI=1S/C14H20N2O2/c1-10-2-3-13(15)12(8-10)14(18)16-6-4-11(9-17)5-7-16/h2-3,8,11,17H,4-7,9,15H2,1H3. The molecule has 0 unspecified atom stereocenters. The Hall–Kier alpha value is -1.55. The molecule has 98 valence electrons. The van der Waals surface area contributed by atoms with Gasteiger partial charge in [-0.3, -0.25) is 4.79 Å². The second kappa shape index (κ2) is 5.40. The van der Waals surface area contributed by atoms with Crippen molar-refractivity contribution >= 4 is 11.6 Å². The third-order valence-electron chi connectivity index (χ3n) is 3.60. The van der Waals surface area contributed by atoms with Crippen LogP contribution in [0.3, 0.4) is 0 Å². The van der Waals surface area contributed by atoms with Crippen LogP contribution < -0.4 is 5.73 Å². The lowest BCUT2D eigenvalue weighted by Gasteiger charge is -2.31. The summed E-state index contributed by atoms with van der Waals surface area (Å²) >= 11 is 0. The Labute approximate surface area is 107 Å². The highest BCUT2D eigenvalue weighted by molar-refractivity contribution is 5.99. The van der Waals surface area contributed by atoms with Crippen LogP contribution in [-0.4, -0.2) is 35.6 Å². The van der Waals surface area contributed by atoms with Gasteiger partial charge >= 0.3 is 0 Å². The topological polar surface area (TPSA) is 66.6 Å². The van der Waals surface area contributed by atoms with Gasteiger partial charge in [-0.25, -0.2) is 0 Å². The molecule has 0 spiro atoms. The quantitative estimate of drug-likeness (QED) is 0.778. The molecule has 1 saturated heterocycles. The van der Waals surface area contributed by atoms with Crippen LogP contribution in [0.4, 0.5) is 5.69 Å². The maximum absolute atomic E-state index is 12.4. The number of nitrogen functional groups attached to an aromatic ring is 1. The van der Waals surface area contributed by atoms with E-state index in [1.54, 1.807) is 6.07 Å². The molecule has 0 aromatic heterocycles. The largest absolute Gasteiger partial charge is 0.398 e. The van der Waals surface area contributed by atoms with Crippen LogP contribution in [0.25, 0.3) is 0 Å². The Morgan fingerprint density at radius 1 is 1.44 bits per heavy atom. The van der Waals surface area contributed by atoms with Crippen molar-refractivity contribution in [2.75, 3.05) is 25.4 Å². The zero-order valence-corrected chi connectivity index (χ0v) is 10.7. The summed E-state index contributed by atoms with van der Waals surface area (Å²) in [5, 5.41) is 9.09. The molecule has 0 bridgehead atoms. The highest BCUT2D eigenvalue weighted by Gasteiger charge is 2.24. The number of benzene rings is 1. The molecule has 0 saturated carbocycles. The molecule has 2 rings (SSSR count). The second-order valence-corrected chi connectivity index (χ2v) is 5.01. The van der Waals surface area contributed by atoms with Crippen LogP contribution in [-0.2, 0) is 0 Å². The van der Waals surface area contributed by atoms with E-state index < -0.39 is 0 Å². The number of aryl methyl sites for hydroxylation is 1. The summed E-state index contributed by atoms with van der Waals surface area (Å²) in [5.41, 5.74) is 8.03. The summed E-state index contributed by atoms with van der Waals surface area (Å²) < 4.78 is 0. The average molecular weight is 248 g/mol. The number of carbonyl (C=O) groups excluding carboxylic acids is 1. The minimum Gasteiger partial charge on any atom is -0.398 e. The van der Waals surface area contributed by atoms with Gasteiger partial charge in [0.05, 0.1) is 5.56 Å². The van der Waals surface area contributed by atoms with E-state index in [4.69, 9.17) is 10.8 Å². The number of amides is 1. The molecule has 1 aromatic carbocycles. The summed E-state index contributed by atoms with van der Waals surface area (Å²) in [6, 6.07) is 5.53. The van der Waals surface area contributed by atoms with Crippen LogP contribution in [0, 0.1) is 12.8 Å². The number of aliphatic hydroxyl groups excluding tert-OH is 1. The van der Waals surface area contributed by atoms with Gasteiger partial charge in [-0.1, -0.05) is 11.6 Å². The molecule has 1 aromatic rings. The SMILES string of the molecule is Cc1ccc(N)c(C(=O)N2CCC(CO)CC2)c1. The van der Waals surface area contributed by atoms with E-state index in [-0.39, 0.29) is 12.5 Å². The Morgan fingerprint density at radius 2 is 2.11 bits per heavy atom. The summed E-state index contributed by atoms with van der Waals surface area (Å²) in [6.07, 6.45) is 1.74. The molecular formula is C14H20N2O2. The first kappa shape index (κ1) is 12.9. The fraction of sp³-hybridized carbons (Fsp3) is 0.500. The van der Waals surface area contributed by atoms with Crippen molar-refractivity contribution in [2.45, 2.75) is 19.8 Å². The predicted molar refractivity (Wildman–Crippen MR) is 71.3 cm³/mol. The van der Waals surface area contributed by atoms with Crippen molar-refractivity contribution in [1.82, 2.24) is 4.90 Å². The Balaban J connectivity index is 2.10. The van der Waals surface area contributed by atoms with E-state index in [0.717, 1.165) is 18.4 Å². The molecule has 0 atom stereocenters. The number of hydrogen-bond donors (Lipinski definition) is 2. The Bertz CT molecular complexity index is 437. The van der Waals surface area contributed by atoms with Crippen LogP contribution in [0.2, 0.25) is 0 Å². The average Bonchev–Trinajstić information content (AvgIpc) is 2.41. The second-order valence-electron chi connectivity index (χ2n) is 5.01. The molecule has 1 heterocycles. The van der Waals surface area contributed by atoms with Crippen molar-refractivity contribution in [1.29, 1.82) is 0 Å². The van der Waals surface area contributed by atoms with Gasteiger partial charge in [0.1, 0.15) is 0 Å². The molecule has 4 nitrogen and oxygen atoms in total. The van der Waals surface area contributed by atoms with Crippen LogP contribution in [0.1, 0.15) is 28.8 Å². The number of nitrogens with zero attached hydrogens (tertiary/aromatic N) is 1. The number of nitrogens with two attached hydrogens (primary N) is 1. The molecule has 1 amide bonds. The molecule has 1 aliphatic rings. The lowest BCUT2D eigenvalue weighted by molar-refractivity contribution is 0.0652. The van der Waals surface area contributed by atoms with Gasteiger partial charge in [-0.05, 0) is 37.8 Å². The Morgan fingerprint density at radius 3 is 2.72 bits per heavy atom. The monoisotopic (exact) mass is 248 g/mol. The van der Waals surface area contributed by atoms with E-state index >= 15 is 0 Å². The van der Waals surface area contributed by atoms with Crippen molar-refractivity contribution in [3.8, 4) is 0 Å². The fourth-order valence-corrected chi connectivity index (χ4v) is 2.34. The molecule has 18 heavy (non-hydrogen) atoms. The zero-order valence-electron chi connectivity index (χ0n) is 10.7. The Kier molecular flexibility index (Phi) is 3.87. The smallest absolute Gasteiger partial charge is 0.255 e. The van der Waals surface area contributed by atoms with E-state index in [2.05, 4.69) is 0 Å². The number of piperidine rings is 1. The van der Waals surface area contributed by atoms with Crippen LogP contribution >= 0.6 is 0 Å². The summed E-state index contributed by atoms with van der Waals surface area (Å²) in [5.74, 6) is 0.344. The van der Waals surface area contributed by atoms with Gasteiger partial charge in [0.25, 0.3) is 5.91 Å². The number of hydrogen-bond acceptors (Lipinski definition) is 3. The first-order valence-corrected chi connectivity index (χ1v) is 6.38. The summed E-state index contributed by atoms with van der Waals surface area (Å²) in [4.78, 5) is 14.2. The maximum atomic E-state index is 12.4. The lowest BCUT2D eigenvalue weighted by Crippen LogP contribution is -2.39. The first-order chi connectivity index (χ1) is 8.61. The summed E-state index contributed by atoms with van der Waals surface area (Å²) in [6.45, 7) is 3.58. The zero-order chi connectivity index (χ0) is 13.1. The highest BCUT2D eigenvalue weighted by atomic mass is 16.3. The molecule has 0 aliphatic carbocycles. The minimum atomic E-state index is 0.00703. The van der Waals surface area contributed by atoms with E-state index in [1.807, 2.05) is 24.0 Å². The van der Waals surface area contributed by atoms with Gasteiger partial charge in [-0.15, -0.1) is 0 Å². The van der Waals surface area contributed by atoms with Gasteiger partial charge < -0.3 is 15.7 Å². The molecule has 4 heteroatoms. The normalized spacial score (nSPS) is 16.9. The van der Waals surface area contributed by atoms with Gasteiger partial charge in [0, 0.05) is 25.4 Å². The lowest BCUT2D eigenvalue weighted by atomic mass is 9.97. The number of anilines is 1. The fourth-order valence-electron chi connectivity index (χ4n) is 2.34. The third kappa shape index (κ3) is 2.64. The molecular weight excluding hydrogens is 228 g/mol. The summed E-state index contributed by atoms with van der Waals surface area (Å²) in [7, 11) is 0. The first-order valence-electron chi connectivity index (χ1n) is 6.38. The number of likely N-dealkylation sites (tertiary alicyclic amines) is 1. The minimum absolute atomic E-state index is 0.00703. The van der Waals surface area contributed by atoms with E-state index in [1.165, 1.54) is 0 Å². The van der Waals surface area contributed by atoms with Crippen molar-refractivity contribution in [2.24, 2.45) is 5.92 Å². The molecule has 1 fully saturated rings. The van der Waals surface area contributed by atoms with E-state index in [0.29, 0.717) is 30.3 Å². The van der Waals surface area contributed by atoms with Crippen LogP contribution in [0.5, 0.6) is 0 Å². The molecule has 1 aliphatic heterocycles.